The van der Waals surface area contributed by atoms with Gasteiger partial charge in [-0.25, -0.2) is 0 Å². The monoisotopic (exact) mass is 364 g/mol. The minimum Gasteiger partial charge on any atom is -0.481 e. The van der Waals surface area contributed by atoms with Crippen LogP contribution in [-0.4, -0.2) is 65.0 Å². The van der Waals surface area contributed by atoms with Gasteiger partial charge in [0.25, 0.3) is 0 Å². The predicted molar refractivity (Wildman–Crippen MR) is 90.0 cm³/mol. The number of carboxylic acid groups (broad SMARTS) is 1. The second-order valence-corrected chi connectivity index (χ2v) is 6.82. The second-order valence-electron chi connectivity index (χ2n) is 6.82. The van der Waals surface area contributed by atoms with E-state index in [0.717, 1.165) is 12.8 Å². The molecule has 0 radical (unpaired) electrons. The topological polar surface area (TPSA) is 100 Å². The maximum Gasteiger partial charge on any atom is 0.305 e. The van der Waals surface area contributed by atoms with Crippen LogP contribution in [0.15, 0.2) is 22.8 Å². The lowest BCUT2D eigenvalue weighted by atomic mass is 10.1. The highest BCUT2D eigenvalue weighted by Crippen LogP contribution is 2.23. The number of furan rings is 1. The maximum absolute atomic E-state index is 12.9. The third-order valence-electron chi connectivity index (χ3n) is 4.85. The number of aliphatic carboxylic acids is 1. The van der Waals surface area contributed by atoms with Crippen molar-refractivity contribution in [2.45, 2.75) is 38.3 Å². The van der Waals surface area contributed by atoms with Crippen molar-refractivity contribution in [2.24, 2.45) is 5.92 Å². The molecule has 2 aliphatic rings. The van der Waals surface area contributed by atoms with Crippen molar-refractivity contribution in [3.05, 3.63) is 24.2 Å². The molecule has 2 atom stereocenters. The molecule has 0 saturated carbocycles. The van der Waals surface area contributed by atoms with E-state index in [9.17, 15) is 14.4 Å². The predicted octanol–water partition coefficient (Wildman–Crippen LogP) is 1.11. The number of carboxylic acids is 1. The molecule has 8 heteroatoms. The third kappa shape index (κ3) is 4.63. The standard InChI is InChI=1S/C18H24N2O6/c21-16-9-13(10-20(16)12-15-4-2-8-26-15)18(24)19(6-5-17(22)23)11-14-3-1-7-25-14/h2,4,8,13-14H,1,3,5-7,9-12H2,(H,22,23)/t13-,14+/m0/s1. The van der Waals surface area contributed by atoms with Crippen LogP contribution in [0.2, 0.25) is 0 Å². The summed E-state index contributed by atoms with van der Waals surface area (Å²) in [7, 11) is 0. The van der Waals surface area contributed by atoms with E-state index in [1.165, 1.54) is 0 Å². The van der Waals surface area contributed by atoms with E-state index >= 15 is 0 Å². The first-order valence-corrected chi connectivity index (χ1v) is 8.95. The van der Waals surface area contributed by atoms with Gasteiger partial charge in [-0.1, -0.05) is 0 Å². The molecule has 0 unspecified atom stereocenters. The van der Waals surface area contributed by atoms with Crippen molar-refractivity contribution in [3.8, 4) is 0 Å². The molecule has 3 heterocycles. The van der Waals surface area contributed by atoms with Gasteiger partial charge in [0.05, 0.1) is 31.3 Å². The summed E-state index contributed by atoms with van der Waals surface area (Å²) in [5.74, 6) is -0.981. The lowest BCUT2D eigenvalue weighted by Gasteiger charge is -2.27. The molecule has 2 amide bonds. The van der Waals surface area contributed by atoms with Gasteiger partial charge < -0.3 is 24.1 Å². The van der Waals surface area contributed by atoms with E-state index in [-0.39, 0.29) is 37.3 Å². The molecule has 1 aromatic heterocycles. The van der Waals surface area contributed by atoms with Gasteiger partial charge in [0.1, 0.15) is 5.76 Å². The van der Waals surface area contributed by atoms with Crippen LogP contribution < -0.4 is 0 Å². The first-order chi connectivity index (χ1) is 12.5. The van der Waals surface area contributed by atoms with Gasteiger partial charge in [-0.2, -0.15) is 0 Å². The van der Waals surface area contributed by atoms with Gasteiger partial charge >= 0.3 is 5.97 Å². The SMILES string of the molecule is O=C(O)CCN(C[C@H]1CCCO1)C(=O)[C@H]1CC(=O)N(Cc2ccco2)C1. The van der Waals surface area contributed by atoms with Crippen molar-refractivity contribution in [1.82, 2.24) is 9.80 Å². The highest BCUT2D eigenvalue weighted by atomic mass is 16.5. The smallest absolute Gasteiger partial charge is 0.305 e. The van der Waals surface area contributed by atoms with E-state index in [4.69, 9.17) is 14.3 Å². The molecule has 3 rings (SSSR count). The van der Waals surface area contributed by atoms with Gasteiger partial charge in [-0.3, -0.25) is 14.4 Å². The van der Waals surface area contributed by atoms with Crippen LogP contribution in [0, 0.1) is 5.92 Å². The number of carbonyl (C=O) groups is 3. The molecule has 2 fully saturated rings. The molecule has 142 valence electrons. The van der Waals surface area contributed by atoms with Gasteiger partial charge in [-0.15, -0.1) is 0 Å². The maximum atomic E-state index is 12.9. The van der Waals surface area contributed by atoms with Gasteiger partial charge in [-0.05, 0) is 25.0 Å². The zero-order valence-corrected chi connectivity index (χ0v) is 14.6. The Kier molecular flexibility index (Phi) is 5.92. The van der Waals surface area contributed by atoms with Crippen LogP contribution in [0.5, 0.6) is 0 Å². The second kappa shape index (κ2) is 8.35. The summed E-state index contributed by atoms with van der Waals surface area (Å²) in [5.41, 5.74) is 0. The molecule has 1 aromatic rings. The number of likely N-dealkylation sites (tertiary alicyclic amines) is 1. The van der Waals surface area contributed by atoms with E-state index in [0.29, 0.717) is 32.0 Å². The Bertz CT molecular complexity index is 638. The van der Waals surface area contributed by atoms with Crippen molar-refractivity contribution in [1.29, 1.82) is 0 Å². The molecule has 1 N–H and O–H groups in total. The fraction of sp³-hybridized carbons (Fsp3) is 0.611. The molecule has 0 spiro atoms. The minimum atomic E-state index is -0.947. The molecular weight excluding hydrogens is 340 g/mol. The van der Waals surface area contributed by atoms with Gasteiger partial charge in [0.15, 0.2) is 0 Å². The Morgan fingerprint density at radius 3 is 2.88 bits per heavy atom. The number of carbonyl (C=O) groups excluding carboxylic acids is 2. The van der Waals surface area contributed by atoms with Gasteiger partial charge in [0, 0.05) is 32.7 Å². The number of ether oxygens (including phenoxy) is 1. The zero-order chi connectivity index (χ0) is 18.5. The Morgan fingerprint density at radius 1 is 1.38 bits per heavy atom. The summed E-state index contributed by atoms with van der Waals surface area (Å²) in [6.07, 6.45) is 3.34. The lowest BCUT2D eigenvalue weighted by molar-refractivity contribution is -0.141. The lowest BCUT2D eigenvalue weighted by Crippen LogP contribution is -2.42. The Balaban J connectivity index is 1.61. The highest BCUT2D eigenvalue weighted by molar-refractivity contribution is 5.89. The van der Waals surface area contributed by atoms with Crippen molar-refractivity contribution in [2.75, 3.05) is 26.2 Å². The van der Waals surface area contributed by atoms with Crippen LogP contribution in [0.25, 0.3) is 0 Å². The fourth-order valence-corrected chi connectivity index (χ4v) is 3.50. The Morgan fingerprint density at radius 2 is 2.23 bits per heavy atom. The summed E-state index contributed by atoms with van der Waals surface area (Å²) in [5, 5.41) is 8.96. The molecule has 0 bridgehead atoms. The summed E-state index contributed by atoms with van der Waals surface area (Å²) in [4.78, 5) is 39.3. The number of nitrogens with zero attached hydrogens (tertiary/aromatic N) is 2. The van der Waals surface area contributed by atoms with E-state index in [2.05, 4.69) is 0 Å². The molecule has 0 aliphatic carbocycles. The first-order valence-electron chi connectivity index (χ1n) is 8.95. The quantitative estimate of drug-likeness (QED) is 0.742. The van der Waals surface area contributed by atoms with Crippen LogP contribution in [0.3, 0.4) is 0 Å². The summed E-state index contributed by atoms with van der Waals surface area (Å²) in [6.45, 7) is 1.86. The highest BCUT2D eigenvalue weighted by Gasteiger charge is 2.37. The minimum absolute atomic E-state index is 0.0518. The van der Waals surface area contributed by atoms with Crippen molar-refractivity contribution >= 4 is 17.8 Å². The molecule has 26 heavy (non-hydrogen) atoms. The summed E-state index contributed by atoms with van der Waals surface area (Å²) < 4.78 is 10.9. The average Bonchev–Trinajstić information content (AvgIpc) is 3.35. The zero-order valence-electron chi connectivity index (χ0n) is 14.6. The summed E-state index contributed by atoms with van der Waals surface area (Å²) >= 11 is 0. The Hall–Kier alpha value is -2.35. The van der Waals surface area contributed by atoms with E-state index < -0.39 is 11.9 Å². The number of rotatable bonds is 8. The molecular formula is C18H24N2O6. The number of amides is 2. The van der Waals surface area contributed by atoms with Crippen LogP contribution in [-0.2, 0) is 25.7 Å². The van der Waals surface area contributed by atoms with Crippen molar-refractivity contribution in [3.63, 3.8) is 0 Å². The summed E-state index contributed by atoms with van der Waals surface area (Å²) in [6, 6.07) is 3.55. The Labute approximate surface area is 151 Å². The van der Waals surface area contributed by atoms with Crippen LogP contribution >= 0.6 is 0 Å². The molecule has 2 aliphatic heterocycles. The fourth-order valence-electron chi connectivity index (χ4n) is 3.50. The van der Waals surface area contributed by atoms with Crippen LogP contribution in [0.1, 0.15) is 31.4 Å². The third-order valence-corrected chi connectivity index (χ3v) is 4.85. The first kappa shape index (κ1) is 18.4. The molecule has 8 nitrogen and oxygen atoms in total. The number of hydrogen-bond acceptors (Lipinski definition) is 5. The van der Waals surface area contributed by atoms with E-state index in [1.807, 2.05) is 0 Å². The normalized spacial score (nSPS) is 22.8. The molecule has 2 saturated heterocycles. The van der Waals surface area contributed by atoms with E-state index in [1.54, 1.807) is 28.2 Å². The average molecular weight is 364 g/mol. The van der Waals surface area contributed by atoms with Crippen molar-refractivity contribution < 1.29 is 28.6 Å². The molecule has 0 aromatic carbocycles. The number of hydrogen-bond donors (Lipinski definition) is 1. The largest absolute Gasteiger partial charge is 0.481 e. The van der Waals surface area contributed by atoms with Gasteiger partial charge in [0.2, 0.25) is 11.8 Å². The van der Waals surface area contributed by atoms with Crippen LogP contribution in [0.4, 0.5) is 0 Å².